The summed E-state index contributed by atoms with van der Waals surface area (Å²) in [5, 5.41) is 9.56. The van der Waals surface area contributed by atoms with Crippen molar-refractivity contribution in [2.45, 2.75) is 33.8 Å². The SMILES string of the molecule is Cc1ccc(-c2oc3c(C)cc(C)cc3c(=O)c2O[C@H](C)C(=O)O)cc1. The molecule has 0 aliphatic rings. The lowest BCUT2D eigenvalue weighted by molar-refractivity contribution is -0.144. The summed E-state index contributed by atoms with van der Waals surface area (Å²) >= 11 is 0. The summed E-state index contributed by atoms with van der Waals surface area (Å²) in [5.74, 6) is -0.997. The minimum atomic E-state index is -1.18. The third-order valence-corrected chi connectivity index (χ3v) is 4.24. The fourth-order valence-electron chi connectivity index (χ4n) is 2.86. The third kappa shape index (κ3) is 3.20. The first kappa shape index (κ1) is 17.7. The first-order valence-electron chi connectivity index (χ1n) is 8.32. The molecule has 1 N–H and O–H groups in total. The highest BCUT2D eigenvalue weighted by Crippen LogP contribution is 2.33. The molecule has 0 aliphatic heterocycles. The predicted octanol–water partition coefficient (Wildman–Crippen LogP) is 4.24. The molecule has 0 saturated heterocycles. The van der Waals surface area contributed by atoms with E-state index in [9.17, 15) is 14.7 Å². The molecule has 0 bridgehead atoms. The molecule has 5 heteroatoms. The van der Waals surface area contributed by atoms with E-state index in [1.807, 2.05) is 51.1 Å². The molecule has 0 aliphatic carbocycles. The zero-order valence-electron chi connectivity index (χ0n) is 15.1. The van der Waals surface area contributed by atoms with Crippen LogP contribution in [0.5, 0.6) is 5.75 Å². The number of fused-ring (bicyclic) bond motifs is 1. The van der Waals surface area contributed by atoms with Crippen LogP contribution < -0.4 is 10.2 Å². The number of benzene rings is 2. The number of hydrogen-bond acceptors (Lipinski definition) is 4. The van der Waals surface area contributed by atoms with Gasteiger partial charge in [0, 0.05) is 5.56 Å². The van der Waals surface area contributed by atoms with Crippen molar-refractivity contribution in [2.24, 2.45) is 0 Å². The van der Waals surface area contributed by atoms with Crippen LogP contribution in [0.25, 0.3) is 22.3 Å². The van der Waals surface area contributed by atoms with Crippen LogP contribution in [0, 0.1) is 20.8 Å². The van der Waals surface area contributed by atoms with Crippen molar-refractivity contribution < 1.29 is 19.1 Å². The standard InChI is InChI=1S/C21H20O5/c1-11-5-7-15(8-6-11)19-20(25-14(4)21(23)24)17(22)16-10-12(2)9-13(3)18(16)26-19/h5-10,14H,1-4H3,(H,23,24)/t14-/m1/s1. The Labute approximate surface area is 150 Å². The molecular formula is C21H20O5. The van der Waals surface area contributed by atoms with E-state index in [0.717, 1.165) is 16.7 Å². The maximum absolute atomic E-state index is 13.1. The van der Waals surface area contributed by atoms with Crippen LogP contribution in [0.4, 0.5) is 0 Å². The maximum atomic E-state index is 13.1. The van der Waals surface area contributed by atoms with Gasteiger partial charge in [0.05, 0.1) is 5.39 Å². The predicted molar refractivity (Wildman–Crippen MR) is 99.9 cm³/mol. The van der Waals surface area contributed by atoms with E-state index >= 15 is 0 Å². The summed E-state index contributed by atoms with van der Waals surface area (Å²) in [5.41, 5.74) is 3.58. The first-order chi connectivity index (χ1) is 12.3. The van der Waals surface area contributed by atoms with E-state index < -0.39 is 12.1 Å². The summed E-state index contributed by atoms with van der Waals surface area (Å²) in [6.07, 6.45) is -1.18. The van der Waals surface area contributed by atoms with Crippen molar-refractivity contribution in [2.75, 3.05) is 0 Å². The van der Waals surface area contributed by atoms with Crippen LogP contribution in [0.2, 0.25) is 0 Å². The van der Waals surface area contributed by atoms with Crippen LogP contribution in [-0.2, 0) is 4.79 Å². The van der Waals surface area contributed by atoms with Crippen molar-refractivity contribution in [3.05, 3.63) is 63.3 Å². The highest BCUT2D eigenvalue weighted by molar-refractivity contribution is 5.85. The summed E-state index contributed by atoms with van der Waals surface area (Å²) in [7, 11) is 0. The van der Waals surface area contributed by atoms with Crippen LogP contribution in [0.1, 0.15) is 23.6 Å². The minimum Gasteiger partial charge on any atom is -0.479 e. The molecule has 3 rings (SSSR count). The Morgan fingerprint density at radius 3 is 2.35 bits per heavy atom. The second-order valence-electron chi connectivity index (χ2n) is 6.51. The largest absolute Gasteiger partial charge is 0.479 e. The van der Waals surface area contributed by atoms with Crippen molar-refractivity contribution in [1.82, 2.24) is 0 Å². The molecule has 5 nitrogen and oxygen atoms in total. The maximum Gasteiger partial charge on any atom is 0.344 e. The van der Waals surface area contributed by atoms with Gasteiger partial charge in [-0.05, 0) is 44.9 Å². The van der Waals surface area contributed by atoms with Crippen LogP contribution in [0.3, 0.4) is 0 Å². The monoisotopic (exact) mass is 352 g/mol. The second-order valence-corrected chi connectivity index (χ2v) is 6.51. The van der Waals surface area contributed by atoms with Gasteiger partial charge >= 0.3 is 5.97 Å². The molecule has 2 aromatic carbocycles. The van der Waals surface area contributed by atoms with Gasteiger partial charge in [-0.1, -0.05) is 35.9 Å². The molecule has 0 radical (unpaired) electrons. The fourth-order valence-corrected chi connectivity index (χ4v) is 2.86. The average molecular weight is 352 g/mol. The molecule has 3 aromatic rings. The van der Waals surface area contributed by atoms with E-state index in [0.29, 0.717) is 16.5 Å². The number of aryl methyl sites for hydroxylation is 3. The Balaban J connectivity index is 2.34. The van der Waals surface area contributed by atoms with Gasteiger partial charge in [0.25, 0.3) is 0 Å². The lowest BCUT2D eigenvalue weighted by Gasteiger charge is -2.15. The van der Waals surface area contributed by atoms with Gasteiger partial charge in [-0.2, -0.15) is 0 Å². The van der Waals surface area contributed by atoms with Crippen LogP contribution in [0.15, 0.2) is 45.6 Å². The molecule has 0 spiro atoms. The summed E-state index contributed by atoms with van der Waals surface area (Å²) < 4.78 is 11.6. The second kappa shape index (κ2) is 6.67. The smallest absolute Gasteiger partial charge is 0.344 e. The molecule has 0 amide bonds. The van der Waals surface area contributed by atoms with Crippen LogP contribution in [-0.4, -0.2) is 17.2 Å². The third-order valence-electron chi connectivity index (χ3n) is 4.24. The molecule has 134 valence electrons. The van der Waals surface area contributed by atoms with Crippen molar-refractivity contribution in [3.8, 4) is 17.1 Å². The van der Waals surface area contributed by atoms with Crippen molar-refractivity contribution >= 4 is 16.9 Å². The van der Waals surface area contributed by atoms with E-state index in [1.54, 1.807) is 6.07 Å². The fraction of sp³-hybridized carbons (Fsp3) is 0.238. The number of ether oxygens (including phenoxy) is 1. The Kier molecular flexibility index (Phi) is 4.55. The zero-order chi connectivity index (χ0) is 19.0. The van der Waals surface area contributed by atoms with E-state index in [1.165, 1.54) is 6.92 Å². The Morgan fingerprint density at radius 1 is 1.08 bits per heavy atom. The molecule has 1 heterocycles. The van der Waals surface area contributed by atoms with E-state index in [2.05, 4.69) is 0 Å². The molecular weight excluding hydrogens is 332 g/mol. The van der Waals surface area contributed by atoms with Gasteiger partial charge in [-0.3, -0.25) is 4.79 Å². The molecule has 0 fully saturated rings. The number of carboxylic acid groups (broad SMARTS) is 1. The van der Waals surface area contributed by atoms with Gasteiger partial charge in [0.2, 0.25) is 11.2 Å². The van der Waals surface area contributed by atoms with E-state index in [-0.39, 0.29) is 16.9 Å². The number of rotatable bonds is 4. The number of carbonyl (C=O) groups is 1. The normalized spacial score (nSPS) is 12.2. The van der Waals surface area contributed by atoms with Gasteiger partial charge < -0.3 is 14.3 Å². The highest BCUT2D eigenvalue weighted by Gasteiger charge is 2.23. The minimum absolute atomic E-state index is 0.0822. The molecule has 0 unspecified atom stereocenters. The number of hydrogen-bond donors (Lipinski definition) is 1. The highest BCUT2D eigenvalue weighted by atomic mass is 16.5. The Bertz CT molecular complexity index is 1040. The van der Waals surface area contributed by atoms with Gasteiger partial charge in [0.15, 0.2) is 11.9 Å². The van der Waals surface area contributed by atoms with Crippen LogP contribution >= 0.6 is 0 Å². The van der Waals surface area contributed by atoms with E-state index in [4.69, 9.17) is 9.15 Å². The van der Waals surface area contributed by atoms with Gasteiger partial charge in [0.1, 0.15) is 5.58 Å². The summed E-state index contributed by atoms with van der Waals surface area (Å²) in [6.45, 7) is 7.10. The number of aliphatic carboxylic acids is 1. The number of carboxylic acids is 1. The molecule has 1 atom stereocenters. The summed E-state index contributed by atoms with van der Waals surface area (Å²) in [6, 6.07) is 11.1. The lowest BCUT2D eigenvalue weighted by Crippen LogP contribution is -2.26. The molecule has 0 saturated carbocycles. The average Bonchev–Trinajstić information content (AvgIpc) is 2.58. The van der Waals surface area contributed by atoms with Crippen molar-refractivity contribution in [3.63, 3.8) is 0 Å². The van der Waals surface area contributed by atoms with Crippen molar-refractivity contribution in [1.29, 1.82) is 0 Å². The summed E-state index contributed by atoms with van der Waals surface area (Å²) in [4.78, 5) is 24.3. The molecule has 1 aromatic heterocycles. The lowest BCUT2D eigenvalue weighted by atomic mass is 10.0. The molecule has 26 heavy (non-hydrogen) atoms. The Hall–Kier alpha value is -3.08. The Morgan fingerprint density at radius 2 is 1.73 bits per heavy atom. The van der Waals surface area contributed by atoms with Gasteiger partial charge in [-0.15, -0.1) is 0 Å². The topological polar surface area (TPSA) is 76.7 Å². The first-order valence-corrected chi connectivity index (χ1v) is 8.32. The zero-order valence-corrected chi connectivity index (χ0v) is 15.1. The quantitative estimate of drug-likeness (QED) is 0.760. The van der Waals surface area contributed by atoms with Gasteiger partial charge in [-0.25, -0.2) is 4.79 Å².